The molecule has 1 aliphatic heterocycles. The van der Waals surface area contributed by atoms with E-state index >= 15 is 0 Å². The van der Waals surface area contributed by atoms with Crippen LogP contribution in [0.15, 0.2) is 0 Å². The van der Waals surface area contributed by atoms with Gasteiger partial charge in [0, 0.05) is 7.05 Å². The average molecular weight is 114 g/mol. The van der Waals surface area contributed by atoms with E-state index in [2.05, 4.69) is 15.0 Å². The molecule has 0 radical (unpaired) electrons. The van der Waals surface area contributed by atoms with E-state index in [0.717, 1.165) is 17.6 Å². The van der Waals surface area contributed by atoms with Crippen molar-refractivity contribution in [2.75, 3.05) is 33.4 Å². The molecule has 0 spiro atoms. The number of rotatable bonds is 0. The first-order valence-corrected chi connectivity index (χ1v) is 3.10. The van der Waals surface area contributed by atoms with Crippen molar-refractivity contribution in [3.63, 3.8) is 0 Å². The van der Waals surface area contributed by atoms with Gasteiger partial charge >= 0.3 is 7.98 Å². The van der Waals surface area contributed by atoms with Crippen molar-refractivity contribution in [3.05, 3.63) is 0 Å². The SMILES string of the molecule is B[N+]1(C)CCOCC1. The molecule has 1 saturated heterocycles. The maximum Gasteiger partial charge on any atom is 0.372 e. The summed E-state index contributed by atoms with van der Waals surface area (Å²) in [6.07, 6.45) is 0. The zero-order valence-corrected chi connectivity index (χ0v) is 5.68. The first kappa shape index (κ1) is 6.11. The molecule has 1 heterocycles. The molecule has 0 saturated carbocycles. The minimum Gasteiger partial charge on any atom is -0.398 e. The van der Waals surface area contributed by atoms with Crippen molar-refractivity contribution < 1.29 is 9.13 Å². The molecule has 0 N–H and O–H groups in total. The predicted octanol–water partition coefficient (Wildman–Crippen LogP) is -0.989. The molecule has 8 heavy (non-hydrogen) atoms. The lowest BCUT2D eigenvalue weighted by molar-refractivity contribution is -0.805. The van der Waals surface area contributed by atoms with Gasteiger partial charge in [0.05, 0.1) is 26.3 Å². The van der Waals surface area contributed by atoms with E-state index in [9.17, 15) is 0 Å². The third kappa shape index (κ3) is 1.49. The van der Waals surface area contributed by atoms with Crippen molar-refractivity contribution in [2.24, 2.45) is 0 Å². The molecule has 0 aromatic rings. The highest BCUT2D eigenvalue weighted by Gasteiger charge is 2.17. The Morgan fingerprint density at radius 1 is 1.38 bits per heavy atom. The van der Waals surface area contributed by atoms with Crippen LogP contribution in [0.25, 0.3) is 0 Å². The second-order valence-corrected chi connectivity index (χ2v) is 3.00. The highest BCUT2D eigenvalue weighted by atomic mass is 16.5. The molecule has 3 heteroatoms. The molecule has 0 bridgehead atoms. The maximum absolute atomic E-state index is 5.19. The Morgan fingerprint density at radius 2 is 1.88 bits per heavy atom. The van der Waals surface area contributed by atoms with Gasteiger partial charge in [0.1, 0.15) is 0 Å². The Hall–Kier alpha value is -0.0151. The molecule has 0 amide bonds. The Labute approximate surface area is 51.5 Å². The lowest BCUT2D eigenvalue weighted by Gasteiger charge is -2.34. The van der Waals surface area contributed by atoms with Crippen LogP contribution in [-0.2, 0) is 4.74 Å². The minimum absolute atomic E-state index is 0.938. The van der Waals surface area contributed by atoms with E-state index < -0.39 is 0 Å². The summed E-state index contributed by atoms with van der Waals surface area (Å²) >= 11 is 0. The molecule has 1 rings (SSSR count). The Kier molecular flexibility index (Phi) is 1.58. The smallest absolute Gasteiger partial charge is 0.372 e. The quantitative estimate of drug-likeness (QED) is 0.367. The molecule has 0 aromatic heterocycles. The summed E-state index contributed by atoms with van der Waals surface area (Å²) in [5.74, 6) is 0. The fourth-order valence-corrected chi connectivity index (χ4v) is 0.837. The fraction of sp³-hybridized carbons (Fsp3) is 1.00. The van der Waals surface area contributed by atoms with Gasteiger partial charge in [-0.1, -0.05) is 0 Å². The topological polar surface area (TPSA) is 9.23 Å². The number of likely N-dealkylation sites (N-methyl/N-ethyl adjacent to an activating group) is 1. The van der Waals surface area contributed by atoms with E-state index in [-0.39, 0.29) is 0 Å². The highest BCUT2D eigenvalue weighted by molar-refractivity contribution is 5.97. The number of morpholine rings is 1. The molecule has 1 fully saturated rings. The molecular weight excluding hydrogens is 101 g/mol. The summed E-state index contributed by atoms with van der Waals surface area (Å²) in [5, 5.41) is 0. The molecular formula is C5H13BNO+. The van der Waals surface area contributed by atoms with Gasteiger partial charge in [0.2, 0.25) is 0 Å². The van der Waals surface area contributed by atoms with Gasteiger partial charge in [-0.25, -0.2) is 0 Å². The Balaban J connectivity index is 2.33. The Morgan fingerprint density at radius 3 is 2.12 bits per heavy atom. The summed E-state index contributed by atoms with van der Waals surface area (Å²) in [6.45, 7) is 4.21. The number of ether oxygens (including phenoxy) is 1. The van der Waals surface area contributed by atoms with E-state index in [1.54, 1.807) is 0 Å². The number of quaternary nitrogens is 1. The van der Waals surface area contributed by atoms with Gasteiger partial charge in [0.15, 0.2) is 0 Å². The zero-order chi connectivity index (χ0) is 6.04. The fourth-order valence-electron chi connectivity index (χ4n) is 0.837. The molecule has 46 valence electrons. The Bertz CT molecular complexity index is 76.5. The summed E-state index contributed by atoms with van der Waals surface area (Å²) in [4.78, 5) is 0. The van der Waals surface area contributed by atoms with E-state index in [1.165, 1.54) is 13.1 Å². The predicted molar refractivity (Wildman–Crippen MR) is 35.3 cm³/mol. The van der Waals surface area contributed by atoms with Crippen LogP contribution in [0.5, 0.6) is 0 Å². The van der Waals surface area contributed by atoms with E-state index in [4.69, 9.17) is 4.74 Å². The normalized spacial score (nSPS) is 27.6. The second kappa shape index (κ2) is 2.07. The average Bonchev–Trinajstić information content (AvgIpc) is 1.65. The van der Waals surface area contributed by atoms with Gasteiger partial charge in [-0.15, -0.1) is 0 Å². The van der Waals surface area contributed by atoms with Crippen LogP contribution in [0.3, 0.4) is 0 Å². The van der Waals surface area contributed by atoms with Crippen molar-refractivity contribution >= 4 is 7.98 Å². The first-order valence-electron chi connectivity index (χ1n) is 3.10. The van der Waals surface area contributed by atoms with Gasteiger partial charge < -0.3 is 9.13 Å². The van der Waals surface area contributed by atoms with E-state index in [1.807, 2.05) is 0 Å². The lowest BCUT2D eigenvalue weighted by atomic mass is 10.2. The maximum atomic E-state index is 5.19. The summed E-state index contributed by atoms with van der Waals surface area (Å²) in [5.41, 5.74) is 0. The molecule has 0 aromatic carbocycles. The molecule has 0 aliphatic carbocycles. The van der Waals surface area contributed by atoms with Crippen molar-refractivity contribution in [2.45, 2.75) is 0 Å². The van der Waals surface area contributed by atoms with E-state index in [0.29, 0.717) is 0 Å². The third-order valence-electron chi connectivity index (χ3n) is 1.68. The van der Waals surface area contributed by atoms with Crippen LogP contribution >= 0.6 is 0 Å². The van der Waals surface area contributed by atoms with Crippen LogP contribution in [0.4, 0.5) is 0 Å². The van der Waals surface area contributed by atoms with Crippen LogP contribution in [0, 0.1) is 0 Å². The molecule has 2 nitrogen and oxygen atoms in total. The standard InChI is InChI=1S/C5H13BNO/c1-7(6)2-4-8-5-3-7/h2-6H2,1H3/q+1. The minimum atomic E-state index is 0.938. The molecule has 0 unspecified atom stereocenters. The summed E-state index contributed by atoms with van der Waals surface area (Å²) in [7, 11) is 4.48. The number of hydrogen-bond donors (Lipinski definition) is 0. The third-order valence-corrected chi connectivity index (χ3v) is 1.68. The van der Waals surface area contributed by atoms with Crippen LogP contribution < -0.4 is 0 Å². The summed E-state index contributed by atoms with van der Waals surface area (Å²) < 4.78 is 6.31. The number of hydrogen-bond acceptors (Lipinski definition) is 1. The van der Waals surface area contributed by atoms with Crippen LogP contribution in [0.2, 0.25) is 0 Å². The van der Waals surface area contributed by atoms with Crippen molar-refractivity contribution in [1.82, 2.24) is 0 Å². The number of nitrogens with zero attached hydrogens (tertiary/aromatic N) is 1. The van der Waals surface area contributed by atoms with Crippen LogP contribution in [-0.4, -0.2) is 45.7 Å². The van der Waals surface area contributed by atoms with Crippen molar-refractivity contribution in [1.29, 1.82) is 0 Å². The van der Waals surface area contributed by atoms with Gasteiger partial charge in [-0.3, -0.25) is 0 Å². The first-order chi connectivity index (χ1) is 3.71. The lowest BCUT2D eigenvalue weighted by Crippen LogP contribution is -2.49. The van der Waals surface area contributed by atoms with Crippen molar-refractivity contribution in [3.8, 4) is 0 Å². The van der Waals surface area contributed by atoms with Gasteiger partial charge in [-0.05, 0) is 0 Å². The van der Waals surface area contributed by atoms with Crippen LogP contribution in [0.1, 0.15) is 0 Å². The largest absolute Gasteiger partial charge is 0.398 e. The summed E-state index contributed by atoms with van der Waals surface area (Å²) in [6, 6.07) is 0. The van der Waals surface area contributed by atoms with Gasteiger partial charge in [0.25, 0.3) is 0 Å². The monoisotopic (exact) mass is 114 g/mol. The zero-order valence-electron chi connectivity index (χ0n) is 5.68. The van der Waals surface area contributed by atoms with Gasteiger partial charge in [-0.2, -0.15) is 0 Å². The second-order valence-electron chi connectivity index (χ2n) is 3.00. The highest BCUT2D eigenvalue weighted by Crippen LogP contribution is 1.99. The molecule has 1 aliphatic rings. The molecule has 0 atom stereocenters.